The molecule has 0 aromatic carbocycles. The zero-order valence-corrected chi connectivity index (χ0v) is 11.3. The molecule has 2 rings (SSSR count). The lowest BCUT2D eigenvalue weighted by Gasteiger charge is -2.48. The van der Waals surface area contributed by atoms with Gasteiger partial charge in [-0.15, -0.1) is 11.8 Å². The molecule has 20 heavy (non-hydrogen) atoms. The molecule has 0 bridgehead atoms. The van der Waals surface area contributed by atoms with E-state index in [0.29, 0.717) is 17.7 Å². The number of carbonyl (C=O) groups is 4. The van der Waals surface area contributed by atoms with Gasteiger partial charge in [-0.2, -0.15) is 0 Å². The molecule has 2 aliphatic rings. The minimum Gasteiger partial charge on any atom is -0.477 e. The largest absolute Gasteiger partial charge is 0.477 e. The van der Waals surface area contributed by atoms with Crippen molar-refractivity contribution in [2.75, 3.05) is 12.4 Å². The second-order valence-electron chi connectivity index (χ2n) is 4.21. The topological polar surface area (TPSA) is 113 Å². The minimum atomic E-state index is -1.25. The van der Waals surface area contributed by atoms with Crippen molar-refractivity contribution in [1.82, 2.24) is 10.2 Å². The maximum absolute atomic E-state index is 11.9. The van der Waals surface area contributed by atoms with Gasteiger partial charge in [-0.05, 0) is 0 Å². The molecule has 1 fully saturated rings. The van der Waals surface area contributed by atoms with E-state index in [0.717, 1.165) is 4.90 Å². The maximum Gasteiger partial charge on any atom is 0.352 e. The summed E-state index contributed by atoms with van der Waals surface area (Å²) in [7, 11) is 0. The summed E-state index contributed by atoms with van der Waals surface area (Å²) in [4.78, 5) is 45.5. The van der Waals surface area contributed by atoms with Crippen LogP contribution in [0.4, 0.5) is 0 Å². The van der Waals surface area contributed by atoms with Gasteiger partial charge in [-0.3, -0.25) is 19.3 Å². The zero-order valence-electron chi connectivity index (χ0n) is 10.5. The number of nitrogens with one attached hydrogen (secondary N) is 1. The molecule has 0 aliphatic carbocycles. The molecule has 108 valence electrons. The van der Waals surface area contributed by atoms with Crippen molar-refractivity contribution in [2.45, 2.75) is 18.3 Å². The third kappa shape index (κ3) is 2.36. The second kappa shape index (κ2) is 5.53. The minimum absolute atomic E-state index is 0.160. The molecule has 9 heteroatoms. The van der Waals surface area contributed by atoms with Crippen molar-refractivity contribution in [3.63, 3.8) is 0 Å². The average molecular weight is 300 g/mol. The molecule has 8 nitrogen and oxygen atoms in total. The van der Waals surface area contributed by atoms with Crippen LogP contribution in [0.2, 0.25) is 0 Å². The van der Waals surface area contributed by atoms with Crippen molar-refractivity contribution in [3.05, 3.63) is 11.3 Å². The molecule has 2 atom stereocenters. The van der Waals surface area contributed by atoms with Crippen LogP contribution in [0.25, 0.3) is 0 Å². The number of fused-ring (bicyclic) bond motifs is 1. The van der Waals surface area contributed by atoms with Crippen molar-refractivity contribution in [2.24, 2.45) is 0 Å². The molecule has 2 amide bonds. The summed E-state index contributed by atoms with van der Waals surface area (Å²) in [5, 5.41) is 11.2. The first kappa shape index (κ1) is 14.4. The molecular weight excluding hydrogens is 288 g/mol. The highest BCUT2D eigenvalue weighted by atomic mass is 32.2. The maximum atomic E-state index is 11.9. The number of hydrogen-bond donors (Lipinski definition) is 2. The van der Waals surface area contributed by atoms with Gasteiger partial charge in [0, 0.05) is 18.2 Å². The van der Waals surface area contributed by atoms with Gasteiger partial charge in [-0.1, -0.05) is 0 Å². The standard InChI is InChI=1S/C11H12N2O6S/c1-5(15)19-2-6-3-20-10-7(12-4-14)9(16)13(10)8(6)11(17)18/h4,7,10H,2-3H2,1H3,(H,12,14)(H,17,18)/t7?,10-/m1/s1. The smallest absolute Gasteiger partial charge is 0.352 e. The fourth-order valence-electron chi connectivity index (χ4n) is 2.08. The van der Waals surface area contributed by atoms with Crippen molar-refractivity contribution >= 4 is 36.0 Å². The van der Waals surface area contributed by atoms with Crippen LogP contribution < -0.4 is 5.32 Å². The third-order valence-corrected chi connectivity index (χ3v) is 4.29. The predicted octanol–water partition coefficient (Wildman–Crippen LogP) is -1.08. The quantitative estimate of drug-likeness (QED) is 0.377. The third-order valence-electron chi connectivity index (χ3n) is 2.95. The van der Waals surface area contributed by atoms with E-state index in [2.05, 4.69) is 5.32 Å². The molecule has 2 aliphatic heterocycles. The van der Waals surface area contributed by atoms with E-state index in [4.69, 9.17) is 4.74 Å². The average Bonchev–Trinajstić information content (AvgIpc) is 2.40. The lowest BCUT2D eigenvalue weighted by atomic mass is 10.0. The van der Waals surface area contributed by atoms with Crippen LogP contribution in [0, 0.1) is 0 Å². The molecule has 2 heterocycles. The monoisotopic (exact) mass is 300 g/mol. The number of carboxylic acid groups (broad SMARTS) is 1. The van der Waals surface area contributed by atoms with E-state index in [9.17, 15) is 24.3 Å². The van der Waals surface area contributed by atoms with Gasteiger partial charge >= 0.3 is 11.9 Å². The van der Waals surface area contributed by atoms with Crippen LogP contribution in [0.1, 0.15) is 6.92 Å². The highest BCUT2D eigenvalue weighted by Crippen LogP contribution is 2.40. The fraction of sp³-hybridized carbons (Fsp3) is 0.455. The number of rotatable bonds is 5. The second-order valence-corrected chi connectivity index (χ2v) is 5.31. The Hall–Kier alpha value is -2.03. The molecule has 2 N–H and O–H groups in total. The molecule has 0 radical (unpaired) electrons. The molecule has 1 unspecified atom stereocenters. The molecule has 0 aromatic rings. The number of ether oxygens (including phenoxy) is 1. The summed E-state index contributed by atoms with van der Waals surface area (Å²) >= 11 is 1.32. The number of β-lactam (4-membered cyclic amide) rings is 1. The summed E-state index contributed by atoms with van der Waals surface area (Å²) < 4.78 is 4.80. The van der Waals surface area contributed by atoms with Gasteiger partial charge in [0.1, 0.15) is 23.7 Å². The van der Waals surface area contributed by atoms with Gasteiger partial charge in [0.05, 0.1) is 0 Å². The highest BCUT2D eigenvalue weighted by Gasteiger charge is 2.53. The first-order chi connectivity index (χ1) is 9.47. The number of esters is 1. The summed E-state index contributed by atoms with van der Waals surface area (Å²) in [6.07, 6.45) is 0.416. The summed E-state index contributed by atoms with van der Waals surface area (Å²) in [5.74, 6) is -1.94. The van der Waals surface area contributed by atoms with E-state index in [-0.39, 0.29) is 12.3 Å². The molecular formula is C11H12N2O6S. The van der Waals surface area contributed by atoms with Crippen molar-refractivity contribution < 1.29 is 29.0 Å². The van der Waals surface area contributed by atoms with Gasteiger partial charge in [-0.25, -0.2) is 4.79 Å². The Kier molecular flexibility index (Phi) is 3.98. The Balaban J connectivity index is 2.23. The van der Waals surface area contributed by atoms with Gasteiger partial charge in [0.25, 0.3) is 5.91 Å². The summed E-state index contributed by atoms with van der Waals surface area (Å²) in [6.45, 7) is 1.06. The Morgan fingerprint density at radius 1 is 1.60 bits per heavy atom. The fourth-order valence-corrected chi connectivity index (χ4v) is 3.41. The Morgan fingerprint density at radius 3 is 2.85 bits per heavy atom. The number of carboxylic acids is 1. The van der Waals surface area contributed by atoms with Crippen LogP contribution in [0.15, 0.2) is 11.3 Å². The van der Waals surface area contributed by atoms with E-state index in [1.807, 2.05) is 0 Å². The van der Waals surface area contributed by atoms with Crippen LogP contribution in [-0.4, -0.2) is 58.0 Å². The first-order valence-corrected chi connectivity index (χ1v) is 6.75. The van der Waals surface area contributed by atoms with E-state index in [1.165, 1.54) is 18.7 Å². The summed E-state index contributed by atoms with van der Waals surface area (Å²) in [6, 6.07) is -0.706. The van der Waals surface area contributed by atoms with Crippen molar-refractivity contribution in [1.29, 1.82) is 0 Å². The number of amides is 2. The molecule has 0 spiro atoms. The van der Waals surface area contributed by atoms with Crippen molar-refractivity contribution in [3.8, 4) is 0 Å². The van der Waals surface area contributed by atoms with Crippen LogP contribution in [0.5, 0.6) is 0 Å². The van der Waals surface area contributed by atoms with E-state index in [1.54, 1.807) is 0 Å². The van der Waals surface area contributed by atoms with Crippen LogP contribution >= 0.6 is 11.8 Å². The van der Waals surface area contributed by atoms with Crippen LogP contribution in [0.3, 0.4) is 0 Å². The SMILES string of the molecule is CC(=O)OCC1=C(C(=O)O)N2C(=O)C(NC=O)[C@H]2SC1. The van der Waals surface area contributed by atoms with E-state index >= 15 is 0 Å². The molecule has 0 saturated carbocycles. The first-order valence-electron chi connectivity index (χ1n) is 5.70. The van der Waals surface area contributed by atoms with Crippen LogP contribution in [-0.2, 0) is 23.9 Å². The number of hydrogen-bond acceptors (Lipinski definition) is 6. The lowest BCUT2D eigenvalue weighted by Crippen LogP contribution is -2.69. The zero-order chi connectivity index (χ0) is 14.9. The Bertz CT molecular complexity index is 517. The number of thioether (sulfide) groups is 1. The predicted molar refractivity (Wildman–Crippen MR) is 67.4 cm³/mol. The Labute approximate surface area is 118 Å². The Morgan fingerprint density at radius 2 is 2.30 bits per heavy atom. The highest BCUT2D eigenvalue weighted by molar-refractivity contribution is 8.00. The van der Waals surface area contributed by atoms with E-state index < -0.39 is 29.3 Å². The lowest BCUT2D eigenvalue weighted by molar-refractivity contribution is -0.150. The van der Waals surface area contributed by atoms with Gasteiger partial charge in [0.2, 0.25) is 6.41 Å². The number of nitrogens with zero attached hydrogens (tertiary/aromatic N) is 1. The van der Waals surface area contributed by atoms with Gasteiger partial charge in [0.15, 0.2) is 0 Å². The number of aliphatic carboxylic acids is 1. The molecule has 1 saturated heterocycles. The molecule has 0 aromatic heterocycles. The number of carbonyl (C=O) groups excluding carboxylic acids is 3. The normalized spacial score (nSPS) is 24.6. The van der Waals surface area contributed by atoms with Gasteiger partial charge < -0.3 is 15.2 Å². The summed E-state index contributed by atoms with van der Waals surface area (Å²) in [5.41, 5.74) is 0.204.